The second-order valence-corrected chi connectivity index (χ2v) is 5.61. The summed E-state index contributed by atoms with van der Waals surface area (Å²) in [6.45, 7) is 3.32. The van der Waals surface area contributed by atoms with Gasteiger partial charge >= 0.3 is 12.1 Å². The van der Waals surface area contributed by atoms with E-state index in [2.05, 4.69) is 5.10 Å². The van der Waals surface area contributed by atoms with Gasteiger partial charge in [-0.25, -0.2) is 0 Å². The summed E-state index contributed by atoms with van der Waals surface area (Å²) in [5.41, 5.74) is 1.08. The summed E-state index contributed by atoms with van der Waals surface area (Å²) in [4.78, 5) is 24.2. The van der Waals surface area contributed by atoms with Crippen LogP contribution in [-0.2, 0) is 22.6 Å². The number of carbonyl (C=O) groups excluding carboxylic acids is 1. The fourth-order valence-electron chi connectivity index (χ4n) is 2.19. The van der Waals surface area contributed by atoms with Gasteiger partial charge in [-0.1, -0.05) is 6.92 Å². The number of aliphatic carboxylic acids is 1. The number of halogens is 3. The number of likely N-dealkylation sites (N-methyl/N-ethyl adjacent to an activating group) is 1. The van der Waals surface area contributed by atoms with Crippen LogP contribution < -0.4 is 0 Å². The Hall–Kier alpha value is -2.06. The normalized spacial score (nSPS) is 13.0. The zero-order valence-corrected chi connectivity index (χ0v) is 13.4. The lowest BCUT2D eigenvalue weighted by atomic mass is 10.1. The topological polar surface area (TPSA) is 75.4 Å². The molecule has 1 heterocycles. The predicted octanol–water partition coefficient (Wildman–Crippen LogP) is 1.78. The van der Waals surface area contributed by atoms with E-state index in [1.54, 1.807) is 6.92 Å². The SMILES string of the molecule is Cc1nn(CC(F)(F)F)c(C)c1CC(=O)N(C)CC(C)C(=O)O. The van der Waals surface area contributed by atoms with Gasteiger partial charge in [0.15, 0.2) is 0 Å². The van der Waals surface area contributed by atoms with Gasteiger partial charge in [0.05, 0.1) is 18.0 Å². The molecule has 0 aliphatic rings. The Balaban J connectivity index is 2.84. The standard InChI is InChI=1S/C14H20F3N3O3/c1-8(13(22)23)6-19(4)12(21)5-11-9(2)18-20(10(11)3)7-14(15,16)17/h8H,5-7H2,1-4H3,(H,22,23). The minimum Gasteiger partial charge on any atom is -0.481 e. The predicted molar refractivity (Wildman–Crippen MR) is 75.9 cm³/mol. The highest BCUT2D eigenvalue weighted by molar-refractivity contribution is 5.80. The van der Waals surface area contributed by atoms with Gasteiger partial charge in [0.25, 0.3) is 0 Å². The summed E-state index contributed by atoms with van der Waals surface area (Å²) >= 11 is 0. The first-order valence-corrected chi connectivity index (χ1v) is 6.98. The number of amides is 1. The second kappa shape index (κ2) is 7.01. The Labute approximate surface area is 131 Å². The smallest absolute Gasteiger partial charge is 0.408 e. The van der Waals surface area contributed by atoms with Crippen molar-refractivity contribution in [2.45, 2.75) is 39.9 Å². The number of carboxylic acid groups (broad SMARTS) is 1. The molecule has 0 spiro atoms. The first-order chi connectivity index (χ1) is 10.4. The lowest BCUT2D eigenvalue weighted by Gasteiger charge is -2.19. The van der Waals surface area contributed by atoms with E-state index in [0.717, 1.165) is 4.68 Å². The molecule has 1 rings (SSSR count). The fraction of sp³-hybridized carbons (Fsp3) is 0.643. The van der Waals surface area contributed by atoms with Crippen LogP contribution in [0.15, 0.2) is 0 Å². The molecule has 6 nitrogen and oxygen atoms in total. The third-order valence-electron chi connectivity index (χ3n) is 3.58. The molecule has 1 N–H and O–H groups in total. The van der Waals surface area contributed by atoms with E-state index in [-0.39, 0.29) is 24.6 Å². The molecule has 23 heavy (non-hydrogen) atoms. The van der Waals surface area contributed by atoms with E-state index >= 15 is 0 Å². The van der Waals surface area contributed by atoms with Crippen molar-refractivity contribution >= 4 is 11.9 Å². The van der Waals surface area contributed by atoms with Crippen molar-refractivity contribution in [2.24, 2.45) is 5.92 Å². The molecule has 0 aliphatic carbocycles. The Morgan fingerprint density at radius 3 is 2.39 bits per heavy atom. The Bertz CT molecular complexity index is 596. The van der Waals surface area contributed by atoms with Crippen LogP contribution in [-0.4, -0.2) is 51.4 Å². The van der Waals surface area contributed by atoms with Crippen LogP contribution in [0.4, 0.5) is 13.2 Å². The number of rotatable bonds is 6. The van der Waals surface area contributed by atoms with Crippen molar-refractivity contribution in [3.63, 3.8) is 0 Å². The zero-order chi connectivity index (χ0) is 17.9. The Morgan fingerprint density at radius 2 is 1.91 bits per heavy atom. The van der Waals surface area contributed by atoms with Gasteiger partial charge in [-0.15, -0.1) is 0 Å². The van der Waals surface area contributed by atoms with E-state index in [9.17, 15) is 22.8 Å². The molecule has 0 bridgehead atoms. The molecule has 1 atom stereocenters. The zero-order valence-electron chi connectivity index (χ0n) is 13.4. The minimum absolute atomic E-state index is 0.0307. The summed E-state index contributed by atoms with van der Waals surface area (Å²) in [5, 5.41) is 12.7. The number of carboxylic acids is 1. The summed E-state index contributed by atoms with van der Waals surface area (Å²) < 4.78 is 38.3. The van der Waals surface area contributed by atoms with E-state index in [1.165, 1.54) is 25.8 Å². The van der Waals surface area contributed by atoms with Gasteiger partial charge in [0.1, 0.15) is 6.54 Å². The lowest BCUT2D eigenvalue weighted by molar-refractivity contribution is -0.143. The van der Waals surface area contributed by atoms with Crippen LogP contribution in [0.3, 0.4) is 0 Å². The summed E-state index contributed by atoms with van der Waals surface area (Å²) in [6, 6.07) is 0. The third kappa shape index (κ3) is 5.26. The molecule has 1 amide bonds. The largest absolute Gasteiger partial charge is 0.481 e. The number of aromatic nitrogens is 2. The molecule has 1 unspecified atom stereocenters. The van der Waals surface area contributed by atoms with Gasteiger partial charge in [-0.05, 0) is 13.8 Å². The van der Waals surface area contributed by atoms with Crippen LogP contribution in [0.25, 0.3) is 0 Å². The van der Waals surface area contributed by atoms with Crippen molar-refractivity contribution < 1.29 is 27.9 Å². The van der Waals surface area contributed by atoms with Crippen LogP contribution in [0.5, 0.6) is 0 Å². The van der Waals surface area contributed by atoms with E-state index in [1.807, 2.05) is 0 Å². The van der Waals surface area contributed by atoms with Crippen molar-refractivity contribution in [3.8, 4) is 0 Å². The molecule has 1 aromatic rings. The molecular formula is C14H20F3N3O3. The fourth-order valence-corrected chi connectivity index (χ4v) is 2.19. The maximum Gasteiger partial charge on any atom is 0.408 e. The van der Waals surface area contributed by atoms with Crippen molar-refractivity contribution in [1.82, 2.24) is 14.7 Å². The Kier molecular flexibility index (Phi) is 5.79. The van der Waals surface area contributed by atoms with Gasteiger partial charge in [0.2, 0.25) is 5.91 Å². The molecule has 0 fully saturated rings. The molecule has 130 valence electrons. The van der Waals surface area contributed by atoms with Crippen LogP contribution in [0.1, 0.15) is 23.9 Å². The highest BCUT2D eigenvalue weighted by Crippen LogP contribution is 2.21. The van der Waals surface area contributed by atoms with Crippen LogP contribution in [0, 0.1) is 19.8 Å². The molecular weight excluding hydrogens is 315 g/mol. The quantitative estimate of drug-likeness (QED) is 0.860. The molecule has 0 saturated carbocycles. The van der Waals surface area contributed by atoms with Gasteiger partial charge in [-0.3, -0.25) is 14.3 Å². The minimum atomic E-state index is -4.39. The maximum absolute atomic E-state index is 12.5. The van der Waals surface area contributed by atoms with Gasteiger partial charge in [0, 0.05) is 24.8 Å². The first kappa shape index (κ1) is 19.0. The number of aryl methyl sites for hydroxylation is 1. The second-order valence-electron chi connectivity index (χ2n) is 5.61. The Morgan fingerprint density at radius 1 is 1.35 bits per heavy atom. The molecule has 1 aromatic heterocycles. The monoisotopic (exact) mass is 335 g/mol. The highest BCUT2D eigenvalue weighted by Gasteiger charge is 2.30. The third-order valence-corrected chi connectivity index (χ3v) is 3.58. The van der Waals surface area contributed by atoms with E-state index in [4.69, 9.17) is 5.11 Å². The summed E-state index contributed by atoms with van der Waals surface area (Å²) in [6.07, 6.45) is -4.50. The number of hydrogen-bond acceptors (Lipinski definition) is 3. The number of hydrogen-bond donors (Lipinski definition) is 1. The van der Waals surface area contributed by atoms with E-state index in [0.29, 0.717) is 11.3 Å². The lowest BCUT2D eigenvalue weighted by Crippen LogP contribution is -2.34. The summed E-state index contributed by atoms with van der Waals surface area (Å²) in [5.74, 6) is -2.11. The molecule has 0 radical (unpaired) electrons. The summed E-state index contributed by atoms with van der Waals surface area (Å²) in [7, 11) is 1.46. The maximum atomic E-state index is 12.5. The van der Waals surface area contributed by atoms with Crippen molar-refractivity contribution in [1.29, 1.82) is 0 Å². The average molecular weight is 335 g/mol. The number of alkyl halides is 3. The molecule has 0 aliphatic heterocycles. The average Bonchev–Trinajstić information content (AvgIpc) is 2.64. The first-order valence-electron chi connectivity index (χ1n) is 6.98. The van der Waals surface area contributed by atoms with Crippen molar-refractivity contribution in [2.75, 3.05) is 13.6 Å². The van der Waals surface area contributed by atoms with Crippen molar-refractivity contribution in [3.05, 3.63) is 17.0 Å². The van der Waals surface area contributed by atoms with Crippen LogP contribution in [0.2, 0.25) is 0 Å². The van der Waals surface area contributed by atoms with Gasteiger partial charge in [-0.2, -0.15) is 18.3 Å². The number of nitrogens with zero attached hydrogens (tertiary/aromatic N) is 3. The van der Waals surface area contributed by atoms with Gasteiger partial charge < -0.3 is 10.0 Å². The molecule has 9 heteroatoms. The molecule has 0 aromatic carbocycles. The van der Waals surface area contributed by atoms with Crippen LogP contribution >= 0.6 is 0 Å². The number of carbonyl (C=O) groups is 2. The highest BCUT2D eigenvalue weighted by atomic mass is 19.4. The van der Waals surface area contributed by atoms with E-state index < -0.39 is 24.6 Å². The molecule has 0 saturated heterocycles.